The summed E-state index contributed by atoms with van der Waals surface area (Å²) in [6, 6.07) is 11.2. The first kappa shape index (κ1) is 12.6. The summed E-state index contributed by atoms with van der Waals surface area (Å²) in [6.45, 7) is 0.178. The van der Waals surface area contributed by atoms with Crippen molar-refractivity contribution >= 4 is 17.9 Å². The number of carbonyl (C=O) groups is 1. The van der Waals surface area contributed by atoms with Gasteiger partial charge in [0.05, 0.1) is 0 Å². The third kappa shape index (κ3) is 2.87. The molecule has 2 rings (SSSR count). The number of hydrogen-bond acceptors (Lipinski definition) is 2. The van der Waals surface area contributed by atoms with Gasteiger partial charge in [-0.15, -0.1) is 0 Å². The summed E-state index contributed by atoms with van der Waals surface area (Å²) >= 11 is 5.96. The van der Waals surface area contributed by atoms with E-state index in [9.17, 15) is 9.18 Å². The van der Waals surface area contributed by atoms with Crippen molar-refractivity contribution in [3.63, 3.8) is 0 Å². The van der Waals surface area contributed by atoms with E-state index < -0.39 is 5.82 Å². The van der Waals surface area contributed by atoms with Crippen LogP contribution in [0.3, 0.4) is 0 Å². The second kappa shape index (κ2) is 5.65. The van der Waals surface area contributed by atoms with E-state index in [4.69, 9.17) is 16.3 Å². The number of halogens is 2. The summed E-state index contributed by atoms with van der Waals surface area (Å²) in [6.07, 6.45) is 0.584. The van der Waals surface area contributed by atoms with Crippen molar-refractivity contribution in [3.8, 4) is 5.75 Å². The molecule has 0 fully saturated rings. The van der Waals surface area contributed by atoms with Crippen LogP contribution >= 0.6 is 11.6 Å². The molecule has 4 heteroatoms. The van der Waals surface area contributed by atoms with Gasteiger partial charge in [0.2, 0.25) is 0 Å². The highest BCUT2D eigenvalue weighted by atomic mass is 35.5. The first-order valence-corrected chi connectivity index (χ1v) is 5.69. The fourth-order valence-corrected chi connectivity index (χ4v) is 1.67. The molecule has 92 valence electrons. The fraction of sp³-hybridized carbons (Fsp3) is 0.0714. The highest BCUT2D eigenvalue weighted by Gasteiger charge is 2.06. The van der Waals surface area contributed by atoms with Crippen molar-refractivity contribution in [1.82, 2.24) is 0 Å². The predicted octanol–water partition coefficient (Wildman–Crippen LogP) is 3.87. The van der Waals surface area contributed by atoms with Gasteiger partial charge < -0.3 is 4.74 Å². The lowest BCUT2D eigenvalue weighted by molar-refractivity contribution is 0.112. The van der Waals surface area contributed by atoms with Gasteiger partial charge in [-0.2, -0.15) is 0 Å². The molecule has 0 aliphatic heterocycles. The molecule has 0 N–H and O–H groups in total. The minimum absolute atomic E-state index is 0.0977. The molecule has 2 nitrogen and oxygen atoms in total. The van der Waals surface area contributed by atoms with E-state index in [1.54, 1.807) is 12.1 Å². The summed E-state index contributed by atoms with van der Waals surface area (Å²) in [7, 11) is 0. The van der Waals surface area contributed by atoms with Crippen molar-refractivity contribution in [3.05, 3.63) is 64.4 Å². The number of benzene rings is 2. The van der Waals surface area contributed by atoms with Gasteiger partial charge in [0.15, 0.2) is 11.6 Å². The first-order valence-electron chi connectivity index (χ1n) is 5.31. The number of hydrogen-bond donors (Lipinski definition) is 0. The van der Waals surface area contributed by atoms with Crippen LogP contribution in [0, 0.1) is 5.82 Å². The van der Waals surface area contributed by atoms with Crippen molar-refractivity contribution in [2.45, 2.75) is 6.61 Å². The third-order valence-corrected chi connectivity index (χ3v) is 2.80. The first-order chi connectivity index (χ1) is 8.70. The Morgan fingerprint density at radius 1 is 1.22 bits per heavy atom. The second-order valence-electron chi connectivity index (χ2n) is 3.69. The Hall–Kier alpha value is -1.87. The molecule has 18 heavy (non-hydrogen) atoms. The van der Waals surface area contributed by atoms with Gasteiger partial charge in [-0.1, -0.05) is 29.8 Å². The van der Waals surface area contributed by atoms with Crippen molar-refractivity contribution in [2.24, 2.45) is 0 Å². The minimum Gasteiger partial charge on any atom is -0.486 e. The number of carbonyl (C=O) groups excluding carboxylic acids is 1. The maximum absolute atomic E-state index is 13.5. The van der Waals surface area contributed by atoms with Crippen LogP contribution in [0.25, 0.3) is 0 Å². The minimum atomic E-state index is -0.563. The maximum Gasteiger partial charge on any atom is 0.165 e. The topological polar surface area (TPSA) is 26.3 Å². The Morgan fingerprint density at radius 3 is 2.67 bits per heavy atom. The van der Waals surface area contributed by atoms with E-state index in [1.165, 1.54) is 12.1 Å². The van der Waals surface area contributed by atoms with Crippen LogP contribution in [0.15, 0.2) is 42.5 Å². The van der Waals surface area contributed by atoms with Crippen molar-refractivity contribution < 1.29 is 13.9 Å². The Labute approximate surface area is 109 Å². The Kier molecular flexibility index (Phi) is 3.95. The number of ether oxygens (including phenoxy) is 1. The monoisotopic (exact) mass is 264 g/mol. The summed E-state index contributed by atoms with van der Waals surface area (Å²) in [5, 5.41) is 0.572. The molecular weight excluding hydrogens is 255 g/mol. The molecule has 0 amide bonds. The van der Waals surface area contributed by atoms with Gasteiger partial charge in [-0.25, -0.2) is 4.39 Å². The summed E-state index contributed by atoms with van der Waals surface area (Å²) in [5.41, 5.74) is 1.05. The zero-order chi connectivity index (χ0) is 13.0. The highest BCUT2D eigenvalue weighted by Crippen LogP contribution is 2.21. The molecule has 0 heterocycles. The molecule has 0 aromatic heterocycles. The maximum atomic E-state index is 13.5. The zero-order valence-electron chi connectivity index (χ0n) is 9.40. The molecule has 0 bridgehead atoms. The van der Waals surface area contributed by atoms with Gasteiger partial charge in [0, 0.05) is 16.1 Å². The highest BCUT2D eigenvalue weighted by molar-refractivity contribution is 6.31. The van der Waals surface area contributed by atoms with Gasteiger partial charge in [0.25, 0.3) is 0 Å². The van der Waals surface area contributed by atoms with E-state index in [0.29, 0.717) is 11.3 Å². The van der Waals surface area contributed by atoms with E-state index in [1.807, 2.05) is 12.1 Å². The van der Waals surface area contributed by atoms with Gasteiger partial charge in [-0.05, 0) is 24.3 Å². The molecular formula is C14H10ClFO2. The Morgan fingerprint density at radius 2 is 2.00 bits per heavy atom. The van der Waals surface area contributed by atoms with Gasteiger partial charge in [0.1, 0.15) is 12.9 Å². The van der Waals surface area contributed by atoms with Crippen molar-refractivity contribution in [2.75, 3.05) is 0 Å². The quantitative estimate of drug-likeness (QED) is 0.784. The average Bonchev–Trinajstić information content (AvgIpc) is 2.39. The van der Waals surface area contributed by atoms with Crippen LogP contribution in [0.1, 0.15) is 15.9 Å². The Balaban J connectivity index is 2.11. The SMILES string of the molecule is O=Cc1ccc(OCc2ccccc2Cl)c(F)c1. The molecule has 0 atom stereocenters. The van der Waals surface area contributed by atoms with E-state index in [2.05, 4.69) is 0 Å². The lowest BCUT2D eigenvalue weighted by Gasteiger charge is -2.08. The zero-order valence-corrected chi connectivity index (χ0v) is 10.2. The van der Waals surface area contributed by atoms with Crippen LogP contribution in [-0.4, -0.2) is 6.29 Å². The second-order valence-corrected chi connectivity index (χ2v) is 4.09. The molecule has 0 saturated carbocycles. The van der Waals surface area contributed by atoms with Crippen LogP contribution in [0.4, 0.5) is 4.39 Å². The molecule has 0 radical (unpaired) electrons. The number of aldehydes is 1. The molecule has 0 saturated heterocycles. The molecule has 0 spiro atoms. The van der Waals surface area contributed by atoms with Gasteiger partial charge >= 0.3 is 0 Å². The standard InChI is InChI=1S/C14H10ClFO2/c15-12-4-2-1-3-11(12)9-18-14-6-5-10(8-17)7-13(14)16/h1-8H,9H2. The fourth-order valence-electron chi connectivity index (χ4n) is 1.48. The van der Waals surface area contributed by atoms with Crippen LogP contribution in [0.5, 0.6) is 5.75 Å². The molecule has 2 aromatic carbocycles. The lowest BCUT2D eigenvalue weighted by Crippen LogP contribution is -1.98. The van der Waals surface area contributed by atoms with Crippen LogP contribution in [-0.2, 0) is 6.61 Å². The normalized spacial score (nSPS) is 10.1. The van der Waals surface area contributed by atoms with Crippen LogP contribution < -0.4 is 4.74 Å². The van der Waals surface area contributed by atoms with Crippen LogP contribution in [0.2, 0.25) is 5.02 Å². The third-order valence-electron chi connectivity index (χ3n) is 2.43. The molecule has 2 aromatic rings. The molecule has 0 aliphatic rings. The summed E-state index contributed by atoms with van der Waals surface area (Å²) in [4.78, 5) is 10.5. The van der Waals surface area contributed by atoms with E-state index >= 15 is 0 Å². The van der Waals surface area contributed by atoms with E-state index in [0.717, 1.165) is 11.6 Å². The Bertz CT molecular complexity index is 569. The molecule has 0 aliphatic carbocycles. The summed E-state index contributed by atoms with van der Waals surface area (Å²) in [5.74, 6) is -0.466. The largest absolute Gasteiger partial charge is 0.486 e. The summed E-state index contributed by atoms with van der Waals surface area (Å²) < 4.78 is 18.9. The van der Waals surface area contributed by atoms with Crippen molar-refractivity contribution in [1.29, 1.82) is 0 Å². The van der Waals surface area contributed by atoms with E-state index in [-0.39, 0.29) is 17.9 Å². The predicted molar refractivity (Wildman–Crippen MR) is 67.6 cm³/mol. The number of rotatable bonds is 4. The van der Waals surface area contributed by atoms with Gasteiger partial charge in [-0.3, -0.25) is 4.79 Å². The smallest absolute Gasteiger partial charge is 0.165 e. The molecule has 0 unspecified atom stereocenters. The lowest BCUT2D eigenvalue weighted by atomic mass is 10.2. The average molecular weight is 265 g/mol.